The van der Waals surface area contributed by atoms with Gasteiger partial charge in [0, 0.05) is 9.13 Å². The first-order valence-corrected chi connectivity index (χ1v) is 6.18. The van der Waals surface area contributed by atoms with Crippen molar-refractivity contribution in [2.45, 2.75) is 6.36 Å². The standard InChI is InChI=1S/C9H5BrF3IO2/c10-4-8(15)6-3-5(1-2-7(6)14)16-9(11,12)13/h1-3H,4H2. The molecule has 1 aromatic rings. The van der Waals surface area contributed by atoms with Gasteiger partial charge in [0.1, 0.15) is 5.75 Å². The first-order chi connectivity index (χ1) is 7.33. The van der Waals surface area contributed by atoms with Gasteiger partial charge in [-0.25, -0.2) is 0 Å². The van der Waals surface area contributed by atoms with Crippen LogP contribution in [0, 0.1) is 3.57 Å². The molecule has 16 heavy (non-hydrogen) atoms. The van der Waals surface area contributed by atoms with Gasteiger partial charge in [0.15, 0.2) is 5.78 Å². The number of Topliss-reactive ketones (excluding diaryl/α,β-unsaturated/α-hetero) is 1. The lowest BCUT2D eigenvalue weighted by atomic mass is 10.1. The number of hydrogen-bond acceptors (Lipinski definition) is 2. The fourth-order valence-electron chi connectivity index (χ4n) is 0.987. The summed E-state index contributed by atoms with van der Waals surface area (Å²) in [4.78, 5) is 11.4. The minimum atomic E-state index is -4.75. The summed E-state index contributed by atoms with van der Waals surface area (Å²) in [6.07, 6.45) is -4.75. The van der Waals surface area contributed by atoms with Gasteiger partial charge in [-0.05, 0) is 40.8 Å². The van der Waals surface area contributed by atoms with Gasteiger partial charge in [0.2, 0.25) is 0 Å². The van der Waals surface area contributed by atoms with Crippen LogP contribution in [0.3, 0.4) is 0 Å². The maximum absolute atomic E-state index is 11.9. The third-order valence-corrected chi connectivity index (χ3v) is 3.04. The Hall–Kier alpha value is -0.310. The maximum atomic E-state index is 11.9. The third-order valence-electron chi connectivity index (χ3n) is 1.59. The van der Waals surface area contributed by atoms with Crippen molar-refractivity contribution in [2.24, 2.45) is 0 Å². The number of alkyl halides is 4. The van der Waals surface area contributed by atoms with Crippen molar-refractivity contribution in [1.82, 2.24) is 0 Å². The summed E-state index contributed by atoms with van der Waals surface area (Å²) in [6.45, 7) is 0. The molecular weight excluding hydrogens is 404 g/mol. The van der Waals surface area contributed by atoms with E-state index in [1.54, 1.807) is 0 Å². The number of rotatable bonds is 3. The van der Waals surface area contributed by atoms with Crippen molar-refractivity contribution in [1.29, 1.82) is 0 Å². The molecule has 0 spiro atoms. The zero-order chi connectivity index (χ0) is 12.3. The van der Waals surface area contributed by atoms with Gasteiger partial charge in [-0.3, -0.25) is 4.79 Å². The van der Waals surface area contributed by atoms with Crippen molar-refractivity contribution < 1.29 is 22.7 Å². The second-order valence-corrected chi connectivity index (χ2v) is 4.47. The molecule has 0 saturated heterocycles. The molecule has 0 aromatic heterocycles. The highest BCUT2D eigenvalue weighted by Crippen LogP contribution is 2.26. The SMILES string of the molecule is O=C(CBr)c1cc(OC(F)(F)F)ccc1I. The zero-order valence-corrected chi connectivity index (χ0v) is 11.4. The van der Waals surface area contributed by atoms with Crippen LogP contribution >= 0.6 is 38.5 Å². The van der Waals surface area contributed by atoms with Crippen LogP contribution in [0.25, 0.3) is 0 Å². The van der Waals surface area contributed by atoms with Gasteiger partial charge < -0.3 is 4.74 Å². The molecule has 2 nitrogen and oxygen atoms in total. The molecule has 1 rings (SSSR count). The fourth-order valence-corrected chi connectivity index (χ4v) is 1.93. The molecule has 1 aromatic carbocycles. The number of carbonyl (C=O) groups excluding carboxylic acids is 1. The van der Waals surface area contributed by atoms with E-state index in [0.29, 0.717) is 3.57 Å². The Labute approximate surface area is 111 Å². The minimum absolute atomic E-state index is 0.0540. The first kappa shape index (κ1) is 13.8. The molecule has 0 amide bonds. The summed E-state index contributed by atoms with van der Waals surface area (Å²) in [6, 6.07) is 3.65. The largest absolute Gasteiger partial charge is 0.573 e. The normalized spacial score (nSPS) is 11.3. The molecule has 88 valence electrons. The molecule has 0 aliphatic heterocycles. The predicted octanol–water partition coefficient (Wildman–Crippen LogP) is 3.77. The van der Waals surface area contributed by atoms with Crippen molar-refractivity contribution in [2.75, 3.05) is 5.33 Å². The molecule has 0 atom stereocenters. The van der Waals surface area contributed by atoms with Gasteiger partial charge >= 0.3 is 6.36 Å². The third kappa shape index (κ3) is 3.93. The number of hydrogen-bond donors (Lipinski definition) is 0. The van der Waals surface area contributed by atoms with Gasteiger partial charge in [0.25, 0.3) is 0 Å². The Morgan fingerprint density at radius 1 is 1.44 bits per heavy atom. The molecule has 0 N–H and O–H groups in total. The summed E-state index contributed by atoms with van der Waals surface area (Å²) in [5.41, 5.74) is 0.208. The lowest BCUT2D eigenvalue weighted by Crippen LogP contribution is -2.17. The fraction of sp³-hybridized carbons (Fsp3) is 0.222. The number of carbonyl (C=O) groups is 1. The van der Waals surface area contributed by atoms with Gasteiger partial charge in [0.05, 0.1) is 5.33 Å². The van der Waals surface area contributed by atoms with Gasteiger partial charge in [-0.1, -0.05) is 15.9 Å². The molecule has 0 radical (unpaired) electrons. The molecule has 7 heteroatoms. The Morgan fingerprint density at radius 3 is 2.56 bits per heavy atom. The molecule has 0 saturated carbocycles. The van der Waals surface area contributed by atoms with E-state index in [2.05, 4.69) is 20.7 Å². The Balaban J connectivity index is 3.03. The van der Waals surface area contributed by atoms with Crippen molar-refractivity contribution in [3.8, 4) is 5.75 Å². The molecule has 0 heterocycles. The highest BCUT2D eigenvalue weighted by molar-refractivity contribution is 14.1. The zero-order valence-electron chi connectivity index (χ0n) is 7.65. The van der Waals surface area contributed by atoms with E-state index in [0.717, 1.165) is 6.07 Å². The van der Waals surface area contributed by atoms with Crippen LogP contribution in [0.5, 0.6) is 5.75 Å². The van der Waals surface area contributed by atoms with Gasteiger partial charge in [-0.2, -0.15) is 0 Å². The topological polar surface area (TPSA) is 26.3 Å². The lowest BCUT2D eigenvalue weighted by molar-refractivity contribution is -0.274. The average Bonchev–Trinajstić information content (AvgIpc) is 2.18. The number of ketones is 1. The minimum Gasteiger partial charge on any atom is -0.406 e. The van der Waals surface area contributed by atoms with Crippen molar-refractivity contribution in [3.05, 3.63) is 27.3 Å². The molecule has 0 aliphatic rings. The quantitative estimate of drug-likeness (QED) is 0.432. The van der Waals surface area contributed by atoms with Crippen LogP contribution in [0.4, 0.5) is 13.2 Å². The van der Waals surface area contributed by atoms with Crippen LogP contribution in [0.1, 0.15) is 10.4 Å². The Kier molecular flexibility index (Phi) is 4.60. The van der Waals surface area contributed by atoms with Crippen LogP contribution < -0.4 is 4.74 Å². The molecule has 0 aliphatic carbocycles. The first-order valence-electron chi connectivity index (χ1n) is 3.98. The molecule has 0 fully saturated rings. The van der Waals surface area contributed by atoms with E-state index >= 15 is 0 Å². The van der Waals surface area contributed by atoms with E-state index < -0.39 is 12.1 Å². The molecule has 0 bridgehead atoms. The van der Waals surface area contributed by atoms with Gasteiger partial charge in [-0.15, -0.1) is 13.2 Å². The van der Waals surface area contributed by atoms with E-state index in [9.17, 15) is 18.0 Å². The predicted molar refractivity (Wildman–Crippen MR) is 64.0 cm³/mol. The second-order valence-electron chi connectivity index (χ2n) is 2.75. The lowest BCUT2D eigenvalue weighted by Gasteiger charge is -2.10. The number of ether oxygens (including phenoxy) is 1. The Bertz CT molecular complexity index is 406. The van der Waals surface area contributed by atoms with Crippen molar-refractivity contribution >= 4 is 44.3 Å². The molecule has 0 unspecified atom stereocenters. The summed E-state index contributed by atoms with van der Waals surface area (Å²) in [7, 11) is 0. The van der Waals surface area contributed by atoms with Crippen LogP contribution in [0.2, 0.25) is 0 Å². The van der Waals surface area contributed by atoms with Crippen LogP contribution in [-0.4, -0.2) is 17.5 Å². The highest BCUT2D eigenvalue weighted by atomic mass is 127. The summed E-state index contributed by atoms with van der Waals surface area (Å²) >= 11 is 4.83. The number of benzene rings is 1. The summed E-state index contributed by atoms with van der Waals surface area (Å²) in [5, 5.41) is 0.0540. The van der Waals surface area contributed by atoms with Crippen LogP contribution in [-0.2, 0) is 0 Å². The van der Waals surface area contributed by atoms with E-state index in [4.69, 9.17) is 0 Å². The molecular formula is C9H5BrF3IO2. The van der Waals surface area contributed by atoms with E-state index in [1.165, 1.54) is 12.1 Å². The van der Waals surface area contributed by atoms with E-state index in [-0.39, 0.29) is 16.7 Å². The monoisotopic (exact) mass is 408 g/mol. The average molecular weight is 409 g/mol. The van der Waals surface area contributed by atoms with Crippen LogP contribution in [0.15, 0.2) is 18.2 Å². The smallest absolute Gasteiger partial charge is 0.406 e. The summed E-state index contributed by atoms with van der Waals surface area (Å²) in [5.74, 6) is -0.686. The van der Waals surface area contributed by atoms with E-state index in [1.807, 2.05) is 22.6 Å². The van der Waals surface area contributed by atoms with Crippen molar-refractivity contribution in [3.63, 3.8) is 0 Å². The highest BCUT2D eigenvalue weighted by Gasteiger charge is 2.31. The summed E-state index contributed by atoms with van der Waals surface area (Å²) < 4.78 is 40.1. The maximum Gasteiger partial charge on any atom is 0.573 e. The Morgan fingerprint density at radius 2 is 2.06 bits per heavy atom. The number of halogens is 5. The second kappa shape index (κ2) is 5.35.